The zero-order chi connectivity index (χ0) is 19.3. The van der Waals surface area contributed by atoms with Gasteiger partial charge in [-0.3, -0.25) is 9.59 Å². The molecule has 2 amide bonds. The highest BCUT2D eigenvalue weighted by molar-refractivity contribution is 9.10. The number of nitrogens with one attached hydrogen (secondary N) is 2. The van der Waals surface area contributed by atoms with Gasteiger partial charge < -0.3 is 10.6 Å². The summed E-state index contributed by atoms with van der Waals surface area (Å²) in [5.74, 6) is -1.23. The summed E-state index contributed by atoms with van der Waals surface area (Å²) < 4.78 is 14.3. The lowest BCUT2D eigenvalue weighted by atomic mass is 10.1. The minimum absolute atomic E-state index is 0.170. The average molecular weight is 419 g/mol. The van der Waals surface area contributed by atoms with Crippen LogP contribution in [-0.4, -0.2) is 18.4 Å². The Morgan fingerprint density at radius 2 is 1.77 bits per heavy atom. The van der Waals surface area contributed by atoms with Crippen molar-refractivity contribution in [3.63, 3.8) is 0 Å². The number of hydrogen-bond donors (Lipinski definition) is 2. The Labute approximate surface area is 160 Å². The van der Waals surface area contributed by atoms with Crippen molar-refractivity contribution in [1.29, 1.82) is 0 Å². The molecule has 4 nitrogen and oxygen atoms in total. The quantitative estimate of drug-likeness (QED) is 0.711. The summed E-state index contributed by atoms with van der Waals surface area (Å²) in [6, 6.07) is 8.41. The molecule has 0 spiro atoms. The van der Waals surface area contributed by atoms with Crippen molar-refractivity contribution in [2.45, 2.75) is 20.8 Å². The van der Waals surface area contributed by atoms with Gasteiger partial charge in [-0.1, -0.05) is 33.6 Å². The Bertz CT molecular complexity index is 855. The first kappa shape index (κ1) is 19.8. The van der Waals surface area contributed by atoms with Crippen molar-refractivity contribution >= 4 is 39.5 Å². The van der Waals surface area contributed by atoms with Crippen LogP contribution in [0.15, 0.2) is 40.9 Å². The molecule has 136 valence electrons. The number of halogens is 2. The van der Waals surface area contributed by atoms with Crippen LogP contribution in [0.2, 0.25) is 0 Å². The SMILES string of the molecule is Cc1cc(C)c(NC(=O)CNC(=O)C=Cc2cc(Br)ccc2F)c(C)c1. The molecule has 0 atom stereocenters. The average Bonchev–Trinajstić information content (AvgIpc) is 2.57. The minimum Gasteiger partial charge on any atom is -0.343 e. The molecule has 26 heavy (non-hydrogen) atoms. The largest absolute Gasteiger partial charge is 0.343 e. The zero-order valence-electron chi connectivity index (χ0n) is 14.8. The third kappa shape index (κ3) is 5.52. The van der Waals surface area contributed by atoms with E-state index < -0.39 is 11.7 Å². The molecule has 0 aromatic heterocycles. The maximum atomic E-state index is 13.6. The predicted molar refractivity (Wildman–Crippen MR) is 105 cm³/mol. The molecule has 0 heterocycles. The summed E-state index contributed by atoms with van der Waals surface area (Å²) in [4.78, 5) is 23.9. The van der Waals surface area contributed by atoms with Gasteiger partial charge in [0.2, 0.25) is 11.8 Å². The molecule has 6 heteroatoms. The second-order valence-electron chi connectivity index (χ2n) is 6.04. The molecule has 0 unspecified atom stereocenters. The van der Waals surface area contributed by atoms with Gasteiger partial charge in [0, 0.05) is 21.8 Å². The Kier molecular flexibility index (Phi) is 6.69. The van der Waals surface area contributed by atoms with Gasteiger partial charge in [0.25, 0.3) is 0 Å². The van der Waals surface area contributed by atoms with Crippen molar-refractivity contribution < 1.29 is 14.0 Å². The van der Waals surface area contributed by atoms with Crippen LogP contribution in [0.5, 0.6) is 0 Å². The highest BCUT2D eigenvalue weighted by Gasteiger charge is 2.09. The zero-order valence-corrected chi connectivity index (χ0v) is 16.4. The maximum Gasteiger partial charge on any atom is 0.244 e. The van der Waals surface area contributed by atoms with Gasteiger partial charge >= 0.3 is 0 Å². The number of amides is 2. The molecule has 2 N–H and O–H groups in total. The minimum atomic E-state index is -0.475. The third-order valence-corrected chi connectivity index (χ3v) is 4.23. The first-order valence-electron chi connectivity index (χ1n) is 8.05. The van der Waals surface area contributed by atoms with Crippen LogP contribution < -0.4 is 10.6 Å². The summed E-state index contributed by atoms with van der Waals surface area (Å²) >= 11 is 3.25. The van der Waals surface area contributed by atoms with E-state index in [1.165, 1.54) is 18.2 Å². The smallest absolute Gasteiger partial charge is 0.244 e. The fraction of sp³-hybridized carbons (Fsp3) is 0.200. The molecule has 0 aliphatic rings. The first-order chi connectivity index (χ1) is 12.3. The van der Waals surface area contributed by atoms with E-state index in [0.29, 0.717) is 4.47 Å². The lowest BCUT2D eigenvalue weighted by molar-refractivity contribution is -0.121. The Balaban J connectivity index is 1.92. The van der Waals surface area contributed by atoms with E-state index in [1.54, 1.807) is 12.1 Å². The molecule has 0 aliphatic carbocycles. The fourth-order valence-electron chi connectivity index (χ4n) is 2.59. The van der Waals surface area contributed by atoms with Gasteiger partial charge in [-0.2, -0.15) is 0 Å². The van der Waals surface area contributed by atoms with Gasteiger partial charge in [-0.15, -0.1) is 0 Å². The number of carbonyl (C=O) groups excluding carboxylic acids is 2. The van der Waals surface area contributed by atoms with Crippen LogP contribution in [0.25, 0.3) is 6.08 Å². The lowest BCUT2D eigenvalue weighted by Gasteiger charge is -2.13. The van der Waals surface area contributed by atoms with Crippen molar-refractivity contribution in [2.75, 3.05) is 11.9 Å². The van der Waals surface area contributed by atoms with Gasteiger partial charge in [0.1, 0.15) is 5.82 Å². The summed E-state index contributed by atoms with van der Waals surface area (Å²) in [6.07, 6.45) is 2.56. The van der Waals surface area contributed by atoms with Crippen LogP contribution in [0, 0.1) is 26.6 Å². The van der Waals surface area contributed by atoms with Crippen molar-refractivity contribution in [3.8, 4) is 0 Å². The van der Waals surface area contributed by atoms with E-state index in [9.17, 15) is 14.0 Å². The normalized spacial score (nSPS) is 10.8. The van der Waals surface area contributed by atoms with Gasteiger partial charge in [-0.25, -0.2) is 4.39 Å². The number of rotatable bonds is 5. The molecule has 0 saturated heterocycles. The summed E-state index contributed by atoms with van der Waals surface area (Å²) in [5, 5.41) is 5.29. The summed E-state index contributed by atoms with van der Waals surface area (Å²) in [5.41, 5.74) is 4.09. The standard InChI is InChI=1S/C20H20BrFN2O2/c1-12-8-13(2)20(14(3)9-12)24-19(26)11-23-18(25)7-4-15-10-16(21)5-6-17(15)22/h4-10H,11H2,1-3H3,(H,23,25)(H,24,26). The topological polar surface area (TPSA) is 58.2 Å². The monoisotopic (exact) mass is 418 g/mol. The highest BCUT2D eigenvalue weighted by Crippen LogP contribution is 2.21. The number of anilines is 1. The molecule has 0 aliphatic heterocycles. The van der Waals surface area contributed by atoms with Crippen LogP contribution in [0.1, 0.15) is 22.3 Å². The van der Waals surface area contributed by atoms with Crippen molar-refractivity contribution in [1.82, 2.24) is 5.32 Å². The lowest BCUT2D eigenvalue weighted by Crippen LogP contribution is -2.32. The molecule has 2 rings (SSSR count). The predicted octanol–water partition coefficient (Wildman–Crippen LogP) is 4.28. The Morgan fingerprint density at radius 1 is 1.12 bits per heavy atom. The molecule has 2 aromatic carbocycles. The van der Waals surface area contributed by atoms with Crippen LogP contribution in [-0.2, 0) is 9.59 Å². The fourth-order valence-corrected chi connectivity index (χ4v) is 2.97. The molecule has 0 saturated carbocycles. The molecular weight excluding hydrogens is 399 g/mol. The van der Waals surface area contributed by atoms with Crippen molar-refractivity contribution in [2.24, 2.45) is 0 Å². The Morgan fingerprint density at radius 3 is 2.42 bits per heavy atom. The number of aryl methyl sites for hydroxylation is 3. The molecule has 0 bridgehead atoms. The highest BCUT2D eigenvalue weighted by atomic mass is 79.9. The van der Waals surface area contributed by atoms with E-state index in [4.69, 9.17) is 0 Å². The number of carbonyl (C=O) groups is 2. The van der Waals surface area contributed by atoms with E-state index >= 15 is 0 Å². The molecule has 2 aromatic rings. The van der Waals surface area contributed by atoms with Crippen LogP contribution in [0.4, 0.5) is 10.1 Å². The second-order valence-corrected chi connectivity index (χ2v) is 6.95. The Hall–Kier alpha value is -2.47. The van der Waals surface area contributed by atoms with E-state index in [-0.39, 0.29) is 18.0 Å². The van der Waals surface area contributed by atoms with Gasteiger partial charge in [0.15, 0.2) is 0 Å². The summed E-state index contributed by atoms with van der Waals surface area (Å²) in [6.45, 7) is 5.66. The maximum absolute atomic E-state index is 13.6. The van der Waals surface area contributed by atoms with Crippen molar-refractivity contribution in [3.05, 3.63) is 69.0 Å². The van der Waals surface area contributed by atoms with Crippen LogP contribution in [0.3, 0.4) is 0 Å². The second kappa shape index (κ2) is 8.76. The van der Waals surface area contributed by atoms with E-state index in [1.807, 2.05) is 32.9 Å². The van der Waals surface area contributed by atoms with Gasteiger partial charge in [0.05, 0.1) is 6.54 Å². The molecular formula is C20H20BrFN2O2. The number of benzene rings is 2. The first-order valence-corrected chi connectivity index (χ1v) is 8.84. The summed E-state index contributed by atoms with van der Waals surface area (Å²) in [7, 11) is 0. The van der Waals surface area contributed by atoms with E-state index in [2.05, 4.69) is 26.6 Å². The van der Waals surface area contributed by atoms with E-state index in [0.717, 1.165) is 22.4 Å². The van der Waals surface area contributed by atoms with Crippen LogP contribution >= 0.6 is 15.9 Å². The number of hydrogen-bond acceptors (Lipinski definition) is 2. The third-order valence-electron chi connectivity index (χ3n) is 3.74. The van der Waals surface area contributed by atoms with Gasteiger partial charge in [-0.05, 0) is 56.2 Å². The molecule has 0 radical (unpaired) electrons. The molecule has 0 fully saturated rings.